The van der Waals surface area contributed by atoms with Gasteiger partial charge in [-0.15, -0.1) is 0 Å². The van der Waals surface area contributed by atoms with Crippen molar-refractivity contribution in [3.05, 3.63) is 11.6 Å². The summed E-state index contributed by atoms with van der Waals surface area (Å²) in [6.45, 7) is 4.66. The third-order valence-electron chi connectivity index (χ3n) is 7.25. The molecule has 0 saturated heterocycles. The molecule has 0 bridgehead atoms. The van der Waals surface area contributed by atoms with E-state index in [0.29, 0.717) is 29.5 Å². The van der Waals surface area contributed by atoms with Crippen molar-refractivity contribution in [2.75, 3.05) is 0 Å². The molecular formula is C18H24O2. The Bertz CT molecular complexity index is 532. The topological polar surface area (TPSA) is 34.1 Å². The Labute approximate surface area is 121 Å². The van der Waals surface area contributed by atoms with Gasteiger partial charge < -0.3 is 0 Å². The zero-order valence-corrected chi connectivity index (χ0v) is 12.6. The van der Waals surface area contributed by atoms with Crippen molar-refractivity contribution < 1.29 is 9.59 Å². The molecule has 2 nitrogen and oxygen atoms in total. The van der Waals surface area contributed by atoms with Gasteiger partial charge in [-0.2, -0.15) is 0 Å². The molecule has 0 N–H and O–H groups in total. The first kappa shape index (κ1) is 12.8. The second-order valence-electron chi connectivity index (χ2n) is 8.13. The third kappa shape index (κ3) is 1.40. The summed E-state index contributed by atoms with van der Waals surface area (Å²) in [5.74, 6) is 1.80. The quantitative estimate of drug-likeness (QED) is 0.674. The molecule has 3 fully saturated rings. The van der Waals surface area contributed by atoms with Gasteiger partial charge in [0.25, 0.3) is 0 Å². The molecule has 0 heterocycles. The minimum Gasteiger partial charge on any atom is -0.295 e. The highest BCUT2D eigenvalue weighted by molar-refractivity contribution is 6.08. The zero-order valence-electron chi connectivity index (χ0n) is 12.6. The Hall–Kier alpha value is -0.920. The van der Waals surface area contributed by atoms with E-state index in [1.807, 2.05) is 0 Å². The van der Waals surface area contributed by atoms with Crippen LogP contribution in [0, 0.1) is 28.6 Å². The Morgan fingerprint density at radius 3 is 2.65 bits per heavy atom. The lowest BCUT2D eigenvalue weighted by molar-refractivity contribution is -0.123. The van der Waals surface area contributed by atoms with Gasteiger partial charge in [-0.1, -0.05) is 20.3 Å². The van der Waals surface area contributed by atoms with Crippen LogP contribution in [0.4, 0.5) is 0 Å². The predicted octanol–water partition coefficient (Wildman–Crippen LogP) is 3.70. The fraction of sp³-hybridized carbons (Fsp3) is 0.778. The third-order valence-corrected chi connectivity index (χ3v) is 7.25. The van der Waals surface area contributed by atoms with Crippen LogP contribution < -0.4 is 0 Å². The van der Waals surface area contributed by atoms with E-state index < -0.39 is 0 Å². The Balaban J connectivity index is 1.81. The van der Waals surface area contributed by atoms with E-state index in [1.165, 1.54) is 32.1 Å². The fourth-order valence-electron chi connectivity index (χ4n) is 6.04. The number of hydrogen-bond donors (Lipinski definition) is 0. The first-order valence-corrected chi connectivity index (χ1v) is 8.25. The lowest BCUT2D eigenvalue weighted by atomic mass is 9.57. The van der Waals surface area contributed by atoms with Crippen LogP contribution in [0.25, 0.3) is 0 Å². The van der Waals surface area contributed by atoms with Gasteiger partial charge in [0.2, 0.25) is 0 Å². The SMILES string of the molecule is C[C@@]12CCC[C@H]1[C@@H]1C(=O)C3=CC(=O)CC[C@]3(C)[C@H]1CC2. The minimum atomic E-state index is -0.000417. The van der Waals surface area contributed by atoms with Crippen LogP contribution >= 0.6 is 0 Å². The van der Waals surface area contributed by atoms with E-state index in [1.54, 1.807) is 6.08 Å². The molecule has 0 aliphatic heterocycles. The maximum Gasteiger partial charge on any atom is 0.163 e. The van der Waals surface area contributed by atoms with Crippen LogP contribution in [0.5, 0.6) is 0 Å². The maximum absolute atomic E-state index is 13.0. The first-order chi connectivity index (χ1) is 9.46. The van der Waals surface area contributed by atoms with Crippen molar-refractivity contribution in [1.29, 1.82) is 0 Å². The molecular weight excluding hydrogens is 248 g/mol. The van der Waals surface area contributed by atoms with Gasteiger partial charge in [0.1, 0.15) is 0 Å². The summed E-state index contributed by atoms with van der Waals surface area (Å²) in [4.78, 5) is 24.8. The van der Waals surface area contributed by atoms with Gasteiger partial charge in [-0.05, 0) is 55.4 Å². The van der Waals surface area contributed by atoms with Gasteiger partial charge >= 0.3 is 0 Å². The average Bonchev–Trinajstić information content (AvgIpc) is 2.89. The lowest BCUT2D eigenvalue weighted by Gasteiger charge is -2.46. The molecule has 4 aliphatic rings. The summed E-state index contributed by atoms with van der Waals surface area (Å²) >= 11 is 0. The second kappa shape index (κ2) is 3.84. The number of fused-ring (bicyclic) bond motifs is 5. The molecule has 20 heavy (non-hydrogen) atoms. The lowest BCUT2D eigenvalue weighted by Crippen LogP contribution is -2.41. The average molecular weight is 272 g/mol. The number of hydrogen-bond acceptors (Lipinski definition) is 2. The normalized spacial score (nSPS) is 50.5. The monoisotopic (exact) mass is 272 g/mol. The van der Waals surface area contributed by atoms with E-state index in [4.69, 9.17) is 0 Å². The summed E-state index contributed by atoms with van der Waals surface area (Å²) in [5, 5.41) is 0. The number of rotatable bonds is 0. The molecule has 3 saturated carbocycles. The van der Waals surface area contributed by atoms with E-state index in [-0.39, 0.29) is 17.1 Å². The largest absolute Gasteiger partial charge is 0.295 e. The predicted molar refractivity (Wildman–Crippen MR) is 77.1 cm³/mol. The summed E-state index contributed by atoms with van der Waals surface area (Å²) in [5.41, 5.74) is 1.28. The molecule has 0 radical (unpaired) electrons. The summed E-state index contributed by atoms with van der Waals surface area (Å²) in [6, 6.07) is 0. The molecule has 4 aliphatic carbocycles. The smallest absolute Gasteiger partial charge is 0.163 e. The highest BCUT2D eigenvalue weighted by Crippen LogP contribution is 2.65. The molecule has 0 spiro atoms. The summed E-state index contributed by atoms with van der Waals surface area (Å²) < 4.78 is 0. The fourth-order valence-corrected chi connectivity index (χ4v) is 6.04. The van der Waals surface area contributed by atoms with Gasteiger partial charge in [-0.25, -0.2) is 0 Å². The van der Waals surface area contributed by atoms with Crippen LogP contribution in [0.3, 0.4) is 0 Å². The molecule has 108 valence electrons. The standard InChI is InChI=1S/C18H24O2/c1-17-7-3-4-12(17)15-13(6-8-17)18(2)9-5-11(19)10-14(18)16(15)20/h10,12-13,15H,3-9H2,1-2H3/t12-,13-,15-,17-,18+/m0/s1. The van der Waals surface area contributed by atoms with Crippen LogP contribution in [0.15, 0.2) is 11.6 Å². The van der Waals surface area contributed by atoms with Crippen LogP contribution in [0.2, 0.25) is 0 Å². The minimum absolute atomic E-state index is 0.000417. The molecule has 0 aromatic rings. The van der Waals surface area contributed by atoms with Crippen molar-refractivity contribution >= 4 is 11.6 Å². The van der Waals surface area contributed by atoms with Gasteiger partial charge in [0, 0.05) is 23.3 Å². The number of ketones is 2. The van der Waals surface area contributed by atoms with E-state index >= 15 is 0 Å². The number of Topliss-reactive ketones (excluding diaryl/α,β-unsaturated/α-hetero) is 1. The second-order valence-corrected chi connectivity index (χ2v) is 8.13. The number of allylic oxidation sites excluding steroid dienone is 2. The molecule has 0 aromatic carbocycles. The van der Waals surface area contributed by atoms with E-state index in [0.717, 1.165) is 12.0 Å². The summed E-state index contributed by atoms with van der Waals surface area (Å²) in [6.07, 6.45) is 9.51. The van der Waals surface area contributed by atoms with Crippen molar-refractivity contribution in [3.8, 4) is 0 Å². The van der Waals surface area contributed by atoms with Crippen molar-refractivity contribution in [2.24, 2.45) is 28.6 Å². The van der Waals surface area contributed by atoms with E-state index in [2.05, 4.69) is 13.8 Å². The van der Waals surface area contributed by atoms with Crippen LogP contribution in [-0.2, 0) is 9.59 Å². The molecule has 0 amide bonds. The highest BCUT2D eigenvalue weighted by atomic mass is 16.1. The van der Waals surface area contributed by atoms with Crippen molar-refractivity contribution in [3.63, 3.8) is 0 Å². The molecule has 2 heteroatoms. The Kier molecular flexibility index (Phi) is 2.45. The maximum atomic E-state index is 13.0. The van der Waals surface area contributed by atoms with Gasteiger partial charge in [0.05, 0.1) is 0 Å². The van der Waals surface area contributed by atoms with Gasteiger partial charge in [0.15, 0.2) is 11.6 Å². The zero-order chi connectivity index (χ0) is 14.1. The molecule has 5 atom stereocenters. The molecule has 0 unspecified atom stereocenters. The van der Waals surface area contributed by atoms with Crippen molar-refractivity contribution in [1.82, 2.24) is 0 Å². The number of carbonyl (C=O) groups excluding carboxylic acids is 2. The van der Waals surface area contributed by atoms with E-state index in [9.17, 15) is 9.59 Å². The Morgan fingerprint density at radius 1 is 1.05 bits per heavy atom. The molecule has 4 rings (SSSR count). The highest BCUT2D eigenvalue weighted by Gasteiger charge is 2.62. The molecule has 0 aromatic heterocycles. The Morgan fingerprint density at radius 2 is 1.85 bits per heavy atom. The first-order valence-electron chi connectivity index (χ1n) is 8.25. The summed E-state index contributed by atoms with van der Waals surface area (Å²) in [7, 11) is 0. The van der Waals surface area contributed by atoms with Crippen LogP contribution in [0.1, 0.15) is 58.8 Å². The van der Waals surface area contributed by atoms with Crippen LogP contribution in [-0.4, -0.2) is 11.6 Å². The number of carbonyl (C=O) groups is 2. The van der Waals surface area contributed by atoms with Crippen molar-refractivity contribution in [2.45, 2.75) is 58.8 Å². The van der Waals surface area contributed by atoms with Gasteiger partial charge in [-0.3, -0.25) is 9.59 Å².